The molecule has 0 amide bonds. The van der Waals surface area contributed by atoms with Crippen molar-refractivity contribution in [3.8, 4) is 0 Å². The predicted octanol–water partition coefficient (Wildman–Crippen LogP) is 2.10. The van der Waals surface area contributed by atoms with Gasteiger partial charge in [0.25, 0.3) is 0 Å². The molecule has 1 saturated carbocycles. The Labute approximate surface area is 125 Å². The molecule has 0 saturated heterocycles. The van der Waals surface area contributed by atoms with E-state index in [1.165, 1.54) is 0 Å². The van der Waals surface area contributed by atoms with Crippen LogP contribution in [0.25, 0.3) is 0 Å². The van der Waals surface area contributed by atoms with Gasteiger partial charge in [-0.15, -0.1) is 0 Å². The maximum absolute atomic E-state index is 12.3. The van der Waals surface area contributed by atoms with Crippen molar-refractivity contribution in [2.45, 2.75) is 38.0 Å². The quantitative estimate of drug-likeness (QED) is 0.789. The molecule has 1 aliphatic rings. The number of aryl methyl sites for hydroxylation is 1. The first kappa shape index (κ1) is 15.4. The lowest BCUT2D eigenvalue weighted by Gasteiger charge is -2.14. The Morgan fingerprint density at radius 3 is 2.55 bits per heavy atom. The van der Waals surface area contributed by atoms with Crippen LogP contribution < -0.4 is 10.5 Å². The van der Waals surface area contributed by atoms with Gasteiger partial charge in [-0.2, -0.15) is 0 Å². The maximum atomic E-state index is 12.3. The molecule has 1 fully saturated rings. The van der Waals surface area contributed by atoms with Gasteiger partial charge in [0, 0.05) is 12.1 Å². The number of nitrogens with two attached hydrogens (primary N) is 1. The summed E-state index contributed by atoms with van der Waals surface area (Å²) in [6, 6.07) is 4.83. The van der Waals surface area contributed by atoms with Crippen LogP contribution >= 0.6 is 12.2 Å². The fraction of sp³-hybridized carbons (Fsp3) is 0.500. The van der Waals surface area contributed by atoms with Crippen molar-refractivity contribution in [2.75, 3.05) is 6.54 Å². The first-order valence-corrected chi connectivity index (χ1v) is 8.59. The second kappa shape index (κ2) is 5.42. The van der Waals surface area contributed by atoms with Crippen molar-refractivity contribution < 1.29 is 8.42 Å². The van der Waals surface area contributed by atoms with Crippen LogP contribution in [0.3, 0.4) is 0 Å². The first-order valence-electron chi connectivity index (χ1n) is 6.70. The van der Waals surface area contributed by atoms with E-state index in [1.54, 1.807) is 18.2 Å². The number of hydrogen-bond acceptors (Lipinski definition) is 3. The Bertz CT molecular complexity index is 635. The minimum absolute atomic E-state index is 0.181. The van der Waals surface area contributed by atoms with E-state index in [1.807, 2.05) is 6.92 Å². The monoisotopic (exact) mass is 312 g/mol. The van der Waals surface area contributed by atoms with E-state index in [2.05, 4.69) is 11.6 Å². The molecule has 0 heterocycles. The molecule has 0 bridgehead atoms. The zero-order valence-corrected chi connectivity index (χ0v) is 13.4. The van der Waals surface area contributed by atoms with Crippen LogP contribution in [0.4, 0.5) is 0 Å². The minimum atomic E-state index is -3.46. The number of hydrogen-bond donors (Lipinski definition) is 2. The smallest absolute Gasteiger partial charge is 0.240 e. The highest BCUT2D eigenvalue weighted by molar-refractivity contribution is 7.89. The SMILES string of the molecule is CCC1(CNS(=O)(=O)c2ccc(C(N)=S)c(C)c2)CC1. The van der Waals surface area contributed by atoms with Crippen molar-refractivity contribution >= 4 is 27.2 Å². The Morgan fingerprint density at radius 1 is 1.45 bits per heavy atom. The second-order valence-corrected chi connectivity index (χ2v) is 7.73. The summed E-state index contributed by atoms with van der Waals surface area (Å²) in [5, 5.41) is 0. The fourth-order valence-corrected chi connectivity index (χ4v) is 3.71. The number of benzene rings is 1. The van der Waals surface area contributed by atoms with E-state index >= 15 is 0 Å². The van der Waals surface area contributed by atoms with Gasteiger partial charge in [0.2, 0.25) is 10.0 Å². The zero-order valence-electron chi connectivity index (χ0n) is 11.8. The summed E-state index contributed by atoms with van der Waals surface area (Å²) in [5.41, 5.74) is 7.25. The second-order valence-electron chi connectivity index (χ2n) is 5.52. The molecule has 110 valence electrons. The van der Waals surface area contributed by atoms with E-state index in [9.17, 15) is 8.42 Å². The largest absolute Gasteiger partial charge is 0.389 e. The molecule has 20 heavy (non-hydrogen) atoms. The lowest BCUT2D eigenvalue weighted by Crippen LogP contribution is -2.30. The summed E-state index contributed by atoms with van der Waals surface area (Å²) in [7, 11) is -3.46. The van der Waals surface area contributed by atoms with Gasteiger partial charge in [-0.1, -0.05) is 25.2 Å². The molecule has 2 rings (SSSR count). The normalized spacial score (nSPS) is 16.9. The fourth-order valence-electron chi connectivity index (χ4n) is 2.24. The lowest BCUT2D eigenvalue weighted by molar-refractivity contribution is 0.475. The van der Waals surface area contributed by atoms with Crippen LogP contribution in [0.1, 0.15) is 37.3 Å². The topological polar surface area (TPSA) is 72.2 Å². The lowest BCUT2D eigenvalue weighted by atomic mass is 10.1. The van der Waals surface area contributed by atoms with Crippen molar-refractivity contribution in [2.24, 2.45) is 11.1 Å². The third-order valence-corrected chi connectivity index (χ3v) is 5.74. The highest BCUT2D eigenvalue weighted by Gasteiger charge is 2.41. The van der Waals surface area contributed by atoms with E-state index in [4.69, 9.17) is 18.0 Å². The van der Waals surface area contributed by atoms with Crippen LogP contribution in [0.5, 0.6) is 0 Å². The molecule has 1 aromatic carbocycles. The average molecular weight is 312 g/mol. The molecule has 0 atom stereocenters. The van der Waals surface area contributed by atoms with Crippen molar-refractivity contribution in [1.29, 1.82) is 0 Å². The molecular weight excluding hydrogens is 292 g/mol. The van der Waals surface area contributed by atoms with Crippen molar-refractivity contribution in [3.63, 3.8) is 0 Å². The number of rotatable bonds is 6. The molecule has 4 nitrogen and oxygen atoms in total. The van der Waals surface area contributed by atoms with Gasteiger partial charge >= 0.3 is 0 Å². The van der Waals surface area contributed by atoms with Gasteiger partial charge in [-0.25, -0.2) is 13.1 Å². The van der Waals surface area contributed by atoms with Crippen LogP contribution in [-0.4, -0.2) is 20.0 Å². The molecule has 6 heteroatoms. The molecule has 0 spiro atoms. The first-order chi connectivity index (χ1) is 9.30. The van der Waals surface area contributed by atoms with Gasteiger partial charge in [0.05, 0.1) is 4.90 Å². The van der Waals surface area contributed by atoms with Gasteiger partial charge < -0.3 is 5.73 Å². The van der Waals surface area contributed by atoms with Gasteiger partial charge in [0.15, 0.2) is 0 Å². The molecule has 0 radical (unpaired) electrons. The van der Waals surface area contributed by atoms with E-state index in [-0.39, 0.29) is 15.3 Å². The summed E-state index contributed by atoms with van der Waals surface area (Å²) < 4.78 is 27.3. The molecule has 1 aliphatic carbocycles. The molecule has 0 unspecified atom stereocenters. The third-order valence-electron chi connectivity index (χ3n) is 4.12. The van der Waals surface area contributed by atoms with E-state index in [0.717, 1.165) is 24.8 Å². The predicted molar refractivity (Wildman–Crippen MR) is 84.2 cm³/mol. The van der Waals surface area contributed by atoms with Crippen LogP contribution in [0, 0.1) is 12.3 Å². The minimum Gasteiger partial charge on any atom is -0.389 e. The van der Waals surface area contributed by atoms with E-state index < -0.39 is 10.0 Å². The summed E-state index contributed by atoms with van der Waals surface area (Å²) in [4.78, 5) is 0.546. The Morgan fingerprint density at radius 2 is 2.10 bits per heavy atom. The molecule has 0 aromatic heterocycles. The van der Waals surface area contributed by atoms with Crippen LogP contribution in [-0.2, 0) is 10.0 Å². The van der Waals surface area contributed by atoms with E-state index in [0.29, 0.717) is 12.1 Å². The highest BCUT2D eigenvalue weighted by atomic mass is 32.2. The maximum Gasteiger partial charge on any atom is 0.240 e. The van der Waals surface area contributed by atoms with Gasteiger partial charge in [-0.3, -0.25) is 0 Å². The van der Waals surface area contributed by atoms with Crippen LogP contribution in [0.15, 0.2) is 23.1 Å². The van der Waals surface area contributed by atoms with Gasteiger partial charge in [0.1, 0.15) is 4.99 Å². The highest BCUT2D eigenvalue weighted by Crippen LogP contribution is 2.48. The van der Waals surface area contributed by atoms with Crippen molar-refractivity contribution in [3.05, 3.63) is 29.3 Å². The Kier molecular flexibility index (Phi) is 4.18. The number of thiocarbonyl (C=S) groups is 1. The summed E-state index contributed by atoms with van der Waals surface area (Å²) in [6.45, 7) is 4.42. The zero-order chi connectivity index (χ0) is 15.0. The molecule has 1 aromatic rings. The summed E-state index contributed by atoms with van der Waals surface area (Å²) in [5.74, 6) is 0. The van der Waals surface area contributed by atoms with Crippen LogP contribution in [0.2, 0.25) is 0 Å². The number of sulfonamides is 1. The third kappa shape index (κ3) is 3.19. The number of nitrogens with one attached hydrogen (secondary N) is 1. The Hall–Kier alpha value is -0.980. The molecular formula is C14H20N2O2S2. The summed E-state index contributed by atoms with van der Waals surface area (Å²) >= 11 is 4.92. The van der Waals surface area contributed by atoms with Crippen molar-refractivity contribution in [1.82, 2.24) is 4.72 Å². The average Bonchev–Trinajstić information content (AvgIpc) is 3.16. The standard InChI is InChI=1S/C14H20N2O2S2/c1-3-14(6-7-14)9-16-20(17,18)11-4-5-12(13(15)19)10(2)8-11/h4-5,8,16H,3,6-7,9H2,1-2H3,(H2,15,19). The van der Waals surface area contributed by atoms with Gasteiger partial charge in [-0.05, 0) is 49.3 Å². The Balaban J connectivity index is 2.17. The molecule has 3 N–H and O–H groups in total. The summed E-state index contributed by atoms with van der Waals surface area (Å²) in [6.07, 6.45) is 3.21. The molecule has 0 aliphatic heterocycles.